The molecular weight excluding hydrogens is 414 g/mol. The van der Waals surface area contributed by atoms with Gasteiger partial charge in [-0.1, -0.05) is 56.2 Å². The van der Waals surface area contributed by atoms with Gasteiger partial charge in [-0.2, -0.15) is 5.10 Å². The van der Waals surface area contributed by atoms with Crippen molar-refractivity contribution in [3.05, 3.63) is 77.9 Å². The van der Waals surface area contributed by atoms with Gasteiger partial charge in [0.15, 0.2) is 5.78 Å². The number of nitrogens with one attached hydrogen (secondary N) is 1. The highest BCUT2D eigenvalue weighted by Crippen LogP contribution is 2.38. The number of hydrogen-bond donors (Lipinski definition) is 1. The van der Waals surface area contributed by atoms with Crippen molar-refractivity contribution >= 4 is 28.3 Å². The average Bonchev–Trinajstić information content (AvgIpc) is 3.20. The second kappa shape index (κ2) is 8.90. The van der Waals surface area contributed by atoms with Gasteiger partial charge in [0.2, 0.25) is 5.91 Å². The van der Waals surface area contributed by atoms with Crippen molar-refractivity contribution in [3.8, 4) is 17.0 Å². The number of nitrogens with zero attached hydrogens (tertiary/aromatic N) is 2. The number of benzene rings is 3. The smallest absolute Gasteiger partial charge is 0.246 e. The molecule has 1 amide bonds. The van der Waals surface area contributed by atoms with Crippen LogP contribution in [0.4, 0.5) is 5.69 Å². The van der Waals surface area contributed by atoms with Gasteiger partial charge in [0, 0.05) is 27.8 Å². The van der Waals surface area contributed by atoms with E-state index in [0.29, 0.717) is 23.4 Å². The summed E-state index contributed by atoms with van der Waals surface area (Å²) in [4.78, 5) is 25.8. The van der Waals surface area contributed by atoms with Crippen LogP contribution in [-0.4, -0.2) is 28.1 Å². The van der Waals surface area contributed by atoms with Gasteiger partial charge in [0.25, 0.3) is 0 Å². The lowest BCUT2D eigenvalue weighted by molar-refractivity contribution is -0.116. The van der Waals surface area contributed by atoms with Gasteiger partial charge in [-0.15, -0.1) is 0 Å². The van der Waals surface area contributed by atoms with Gasteiger partial charge >= 0.3 is 0 Å². The van der Waals surface area contributed by atoms with Crippen molar-refractivity contribution in [1.29, 1.82) is 0 Å². The van der Waals surface area contributed by atoms with E-state index < -0.39 is 0 Å². The molecule has 0 radical (unpaired) electrons. The van der Waals surface area contributed by atoms with E-state index in [2.05, 4.69) is 12.2 Å². The Labute approximate surface area is 192 Å². The Bertz CT molecular complexity index is 1340. The largest absolute Gasteiger partial charge is 0.494 e. The maximum absolute atomic E-state index is 13.0. The summed E-state index contributed by atoms with van der Waals surface area (Å²) in [5.41, 5.74) is 4.29. The maximum Gasteiger partial charge on any atom is 0.246 e. The summed E-state index contributed by atoms with van der Waals surface area (Å²) >= 11 is 0. The highest BCUT2D eigenvalue weighted by Gasteiger charge is 2.28. The average molecular weight is 440 g/mol. The zero-order valence-electron chi connectivity index (χ0n) is 18.5. The number of unbranched alkanes of at least 4 members (excludes halogenated alkanes) is 2. The molecule has 6 heteroatoms. The van der Waals surface area contributed by atoms with Crippen molar-refractivity contribution < 1.29 is 14.3 Å². The number of aromatic nitrogens is 2. The third-order valence-corrected chi connectivity index (χ3v) is 5.90. The number of ketones is 1. The summed E-state index contributed by atoms with van der Waals surface area (Å²) in [5.74, 6) is 0.595. The second-order valence-electron chi connectivity index (χ2n) is 8.21. The molecule has 5 rings (SSSR count). The number of rotatable bonds is 8. The first-order valence-corrected chi connectivity index (χ1v) is 11.3. The zero-order valence-corrected chi connectivity index (χ0v) is 18.5. The third-order valence-electron chi connectivity index (χ3n) is 5.90. The molecule has 1 heterocycles. The van der Waals surface area contributed by atoms with Gasteiger partial charge < -0.3 is 10.1 Å². The Kier molecular flexibility index (Phi) is 5.65. The van der Waals surface area contributed by atoms with Gasteiger partial charge in [0.1, 0.15) is 18.0 Å². The number of hydrogen-bond acceptors (Lipinski definition) is 4. The predicted molar refractivity (Wildman–Crippen MR) is 129 cm³/mol. The van der Waals surface area contributed by atoms with Gasteiger partial charge in [-0.25, -0.2) is 0 Å². The van der Waals surface area contributed by atoms with Crippen molar-refractivity contribution in [3.63, 3.8) is 0 Å². The second-order valence-corrected chi connectivity index (χ2v) is 8.21. The van der Waals surface area contributed by atoms with Gasteiger partial charge in [-0.3, -0.25) is 14.3 Å². The van der Waals surface area contributed by atoms with E-state index in [1.54, 1.807) is 4.68 Å². The lowest BCUT2D eigenvalue weighted by atomic mass is 9.87. The van der Waals surface area contributed by atoms with Gasteiger partial charge in [0.05, 0.1) is 12.1 Å². The molecule has 0 aliphatic heterocycles. The van der Waals surface area contributed by atoms with E-state index in [0.717, 1.165) is 47.2 Å². The molecule has 3 aromatic carbocycles. The summed E-state index contributed by atoms with van der Waals surface area (Å²) in [7, 11) is 0. The molecule has 1 aromatic heterocycles. The zero-order chi connectivity index (χ0) is 22.8. The Balaban J connectivity index is 1.34. The normalized spacial score (nSPS) is 12.0. The Hall–Kier alpha value is -3.93. The fraction of sp³-hybridized carbons (Fsp3) is 0.222. The number of fused-ring (bicyclic) bond motifs is 2. The molecule has 1 N–H and O–H groups in total. The Morgan fingerprint density at radius 1 is 0.939 bits per heavy atom. The monoisotopic (exact) mass is 439 g/mol. The van der Waals surface area contributed by atoms with Gasteiger partial charge in [-0.05, 0) is 36.8 Å². The molecule has 0 saturated heterocycles. The minimum absolute atomic E-state index is 0.00953. The molecule has 0 saturated carbocycles. The topological polar surface area (TPSA) is 73.2 Å². The lowest BCUT2D eigenvalue weighted by Crippen LogP contribution is -2.19. The molecular formula is C27H25N3O3. The third kappa shape index (κ3) is 4.00. The summed E-state index contributed by atoms with van der Waals surface area (Å²) in [6, 6.07) is 20.4. The fourth-order valence-corrected chi connectivity index (χ4v) is 4.27. The van der Waals surface area contributed by atoms with Crippen LogP contribution in [0.2, 0.25) is 0 Å². The standard InChI is InChI=1S/C27H25N3O3/c1-2-3-6-16-33-19-14-12-18(13-15-19)28-24(31)17-30-23-11-7-10-22-25(23)26(29-30)20-8-4-5-9-21(20)27(22)32/h4-5,7-15H,2-3,6,16-17H2,1H3,(H,28,31). The van der Waals surface area contributed by atoms with Crippen LogP contribution >= 0.6 is 0 Å². The van der Waals surface area contributed by atoms with E-state index in [9.17, 15) is 9.59 Å². The van der Waals surface area contributed by atoms with Crippen molar-refractivity contribution in [2.75, 3.05) is 11.9 Å². The summed E-state index contributed by atoms with van der Waals surface area (Å²) in [5, 5.41) is 8.45. The van der Waals surface area contributed by atoms with Crippen LogP contribution in [0, 0.1) is 0 Å². The minimum atomic E-state index is -0.188. The Morgan fingerprint density at radius 3 is 2.48 bits per heavy atom. The molecule has 0 bridgehead atoms. The number of carbonyl (C=O) groups is 2. The quantitative estimate of drug-likeness (QED) is 0.326. The first-order valence-electron chi connectivity index (χ1n) is 11.3. The van der Waals surface area contributed by atoms with Crippen LogP contribution < -0.4 is 10.1 Å². The first kappa shape index (κ1) is 20.9. The highest BCUT2D eigenvalue weighted by molar-refractivity contribution is 6.25. The fourth-order valence-electron chi connectivity index (χ4n) is 4.27. The van der Waals surface area contributed by atoms with Crippen LogP contribution in [0.15, 0.2) is 66.7 Å². The molecule has 1 aliphatic carbocycles. The molecule has 166 valence electrons. The van der Waals surface area contributed by atoms with E-state index in [4.69, 9.17) is 9.84 Å². The molecule has 0 atom stereocenters. The van der Waals surface area contributed by atoms with Crippen molar-refractivity contribution in [2.45, 2.75) is 32.7 Å². The Morgan fingerprint density at radius 2 is 1.70 bits per heavy atom. The molecule has 0 spiro atoms. The van der Waals surface area contributed by atoms with Crippen LogP contribution in [0.25, 0.3) is 22.2 Å². The van der Waals surface area contributed by atoms with Crippen molar-refractivity contribution in [2.24, 2.45) is 0 Å². The number of ether oxygens (including phenoxy) is 1. The van der Waals surface area contributed by atoms with Crippen LogP contribution in [0.5, 0.6) is 5.75 Å². The maximum atomic E-state index is 13.0. The highest BCUT2D eigenvalue weighted by atomic mass is 16.5. The lowest BCUT2D eigenvalue weighted by Gasteiger charge is -2.13. The number of amides is 1. The molecule has 4 aromatic rings. The molecule has 0 fully saturated rings. The summed E-state index contributed by atoms with van der Waals surface area (Å²) in [6.07, 6.45) is 3.34. The SMILES string of the molecule is CCCCCOc1ccc(NC(=O)Cn2nc3c4c(cccc42)C(=O)c2ccccc2-3)cc1. The van der Waals surface area contributed by atoms with Crippen molar-refractivity contribution in [1.82, 2.24) is 9.78 Å². The van der Waals surface area contributed by atoms with Crippen LogP contribution in [-0.2, 0) is 11.3 Å². The molecule has 1 aliphatic rings. The molecule has 33 heavy (non-hydrogen) atoms. The van der Waals surface area contributed by atoms with E-state index >= 15 is 0 Å². The number of carbonyl (C=O) groups excluding carboxylic acids is 2. The van der Waals surface area contributed by atoms with Crippen LogP contribution in [0.1, 0.15) is 42.1 Å². The van der Waals surface area contributed by atoms with E-state index in [-0.39, 0.29) is 18.2 Å². The first-order chi connectivity index (χ1) is 16.2. The van der Waals surface area contributed by atoms with Crippen LogP contribution in [0.3, 0.4) is 0 Å². The number of anilines is 1. The molecule has 6 nitrogen and oxygen atoms in total. The minimum Gasteiger partial charge on any atom is -0.494 e. The van der Waals surface area contributed by atoms with E-state index in [1.165, 1.54) is 0 Å². The summed E-state index contributed by atoms with van der Waals surface area (Å²) < 4.78 is 7.40. The summed E-state index contributed by atoms with van der Waals surface area (Å²) in [6.45, 7) is 2.91. The molecule has 0 unspecified atom stereocenters. The predicted octanol–water partition coefficient (Wildman–Crippen LogP) is 5.46. The van der Waals surface area contributed by atoms with E-state index in [1.807, 2.05) is 66.7 Å².